The number of benzene rings is 2. The quantitative estimate of drug-likeness (QED) is 0.500. The summed E-state index contributed by atoms with van der Waals surface area (Å²) in [6, 6.07) is 10.7. The zero-order valence-corrected chi connectivity index (χ0v) is 17.3. The van der Waals surface area contributed by atoms with Crippen LogP contribution in [-0.4, -0.2) is 17.2 Å². The third-order valence-corrected chi connectivity index (χ3v) is 5.23. The number of aldehydes is 1. The number of nitrogens with zero attached hydrogens (tertiary/aromatic N) is 2. The number of amides is 1. The topological polar surface area (TPSA) is 59.5 Å². The summed E-state index contributed by atoms with van der Waals surface area (Å²) in [5.41, 5.74) is 3.87. The number of halogens is 1. The van der Waals surface area contributed by atoms with Crippen LogP contribution in [0.4, 0.5) is 10.8 Å². The molecule has 3 rings (SSSR count). The fourth-order valence-electron chi connectivity index (χ4n) is 2.84. The van der Waals surface area contributed by atoms with Crippen molar-refractivity contribution in [2.45, 2.75) is 27.4 Å². The first-order valence-corrected chi connectivity index (χ1v) is 9.84. The Morgan fingerprint density at radius 2 is 1.96 bits per heavy atom. The van der Waals surface area contributed by atoms with E-state index in [0.29, 0.717) is 32.8 Å². The van der Waals surface area contributed by atoms with Crippen molar-refractivity contribution in [1.82, 2.24) is 4.98 Å². The molecule has 1 aromatic heterocycles. The molecule has 5 nitrogen and oxygen atoms in total. The van der Waals surface area contributed by atoms with E-state index in [1.54, 1.807) is 24.3 Å². The lowest BCUT2D eigenvalue weighted by molar-refractivity contribution is -0.115. The van der Waals surface area contributed by atoms with Crippen LogP contribution in [0.25, 0.3) is 0 Å². The molecule has 3 aromatic rings. The van der Waals surface area contributed by atoms with Crippen molar-refractivity contribution < 1.29 is 14.3 Å². The summed E-state index contributed by atoms with van der Waals surface area (Å²) in [4.78, 5) is 29.1. The van der Waals surface area contributed by atoms with E-state index in [9.17, 15) is 9.59 Å². The molecule has 144 valence electrons. The highest BCUT2D eigenvalue weighted by Gasteiger charge is 2.22. The normalized spacial score (nSPS) is 10.6. The van der Waals surface area contributed by atoms with Crippen LogP contribution in [0.15, 0.2) is 41.8 Å². The molecule has 0 spiro atoms. The maximum atomic E-state index is 12.4. The van der Waals surface area contributed by atoms with Crippen molar-refractivity contribution in [2.24, 2.45) is 0 Å². The van der Waals surface area contributed by atoms with E-state index in [-0.39, 0.29) is 12.5 Å². The maximum Gasteiger partial charge on any atom is 0.230 e. The van der Waals surface area contributed by atoms with Gasteiger partial charge in [0.2, 0.25) is 5.91 Å². The number of aromatic nitrogens is 1. The SMILES string of the molecule is CC(=O)N(c1nc(COc2ccc(C=O)cc2)cs1)c1c(C)cc(C)cc1Cl. The average molecular weight is 415 g/mol. The molecule has 1 heterocycles. The van der Waals surface area contributed by atoms with Gasteiger partial charge in [-0.05, 0) is 55.3 Å². The van der Waals surface area contributed by atoms with Gasteiger partial charge in [0, 0.05) is 17.9 Å². The van der Waals surface area contributed by atoms with Crippen molar-refractivity contribution in [1.29, 1.82) is 0 Å². The molecule has 0 N–H and O–H groups in total. The Balaban J connectivity index is 1.82. The van der Waals surface area contributed by atoms with Crippen molar-refractivity contribution in [2.75, 3.05) is 4.90 Å². The summed E-state index contributed by atoms with van der Waals surface area (Å²) < 4.78 is 5.71. The zero-order chi connectivity index (χ0) is 20.3. The first-order valence-electron chi connectivity index (χ1n) is 8.59. The van der Waals surface area contributed by atoms with E-state index in [4.69, 9.17) is 16.3 Å². The van der Waals surface area contributed by atoms with Gasteiger partial charge in [-0.15, -0.1) is 11.3 Å². The molecule has 28 heavy (non-hydrogen) atoms. The summed E-state index contributed by atoms with van der Waals surface area (Å²) in [6.07, 6.45) is 0.783. The minimum atomic E-state index is -0.167. The van der Waals surface area contributed by atoms with Crippen LogP contribution in [0.2, 0.25) is 5.02 Å². The van der Waals surface area contributed by atoms with Crippen LogP contribution < -0.4 is 9.64 Å². The molecule has 2 aromatic carbocycles. The lowest BCUT2D eigenvalue weighted by Gasteiger charge is -2.22. The Labute approximate surface area is 172 Å². The van der Waals surface area contributed by atoms with E-state index >= 15 is 0 Å². The van der Waals surface area contributed by atoms with Crippen molar-refractivity contribution in [3.8, 4) is 5.75 Å². The summed E-state index contributed by atoms with van der Waals surface area (Å²) in [5, 5.41) is 2.90. The lowest BCUT2D eigenvalue weighted by Crippen LogP contribution is -2.24. The first kappa shape index (κ1) is 20.0. The van der Waals surface area contributed by atoms with Crippen LogP contribution in [0.1, 0.15) is 34.1 Å². The molecule has 0 radical (unpaired) electrons. The Hall–Kier alpha value is -2.70. The number of rotatable bonds is 6. The molecule has 0 bridgehead atoms. The molecular weight excluding hydrogens is 396 g/mol. The van der Waals surface area contributed by atoms with Crippen molar-refractivity contribution in [3.63, 3.8) is 0 Å². The van der Waals surface area contributed by atoms with Gasteiger partial charge in [-0.1, -0.05) is 17.7 Å². The van der Waals surface area contributed by atoms with Gasteiger partial charge in [0.05, 0.1) is 16.4 Å². The zero-order valence-electron chi connectivity index (χ0n) is 15.7. The van der Waals surface area contributed by atoms with E-state index in [1.807, 2.05) is 31.4 Å². The van der Waals surface area contributed by atoms with Gasteiger partial charge < -0.3 is 4.74 Å². The van der Waals surface area contributed by atoms with E-state index in [0.717, 1.165) is 17.4 Å². The maximum absolute atomic E-state index is 12.4. The van der Waals surface area contributed by atoms with Crippen LogP contribution in [0, 0.1) is 13.8 Å². The van der Waals surface area contributed by atoms with Gasteiger partial charge in [-0.2, -0.15) is 0 Å². The first-order chi connectivity index (χ1) is 13.4. The number of hydrogen-bond donors (Lipinski definition) is 0. The summed E-state index contributed by atoms with van der Waals surface area (Å²) in [6.45, 7) is 5.62. The van der Waals surface area contributed by atoms with Crippen molar-refractivity contribution >= 4 is 46.0 Å². The van der Waals surface area contributed by atoms with Gasteiger partial charge in [0.1, 0.15) is 18.6 Å². The standard InChI is InChI=1S/C21H19ClN2O3S/c1-13-8-14(2)20(19(22)9-13)24(15(3)26)21-23-17(12-28-21)11-27-18-6-4-16(10-25)5-7-18/h4-10,12H,11H2,1-3H3. The molecule has 0 aliphatic heterocycles. The highest BCUT2D eigenvalue weighted by atomic mass is 35.5. The number of aryl methyl sites for hydroxylation is 2. The average Bonchev–Trinajstić information content (AvgIpc) is 3.11. The third-order valence-electron chi connectivity index (χ3n) is 4.07. The third kappa shape index (κ3) is 4.40. The fourth-order valence-corrected chi connectivity index (χ4v) is 4.11. The Morgan fingerprint density at radius 3 is 2.57 bits per heavy atom. The Morgan fingerprint density at radius 1 is 1.25 bits per heavy atom. The molecule has 1 amide bonds. The van der Waals surface area contributed by atoms with Gasteiger partial charge in [0.15, 0.2) is 5.13 Å². The number of hydrogen-bond acceptors (Lipinski definition) is 5. The Bertz CT molecular complexity index is 992. The van der Waals surface area contributed by atoms with Gasteiger partial charge in [0.25, 0.3) is 0 Å². The molecule has 0 aliphatic carbocycles. The number of thiazole rings is 1. The second-order valence-corrected chi connectivity index (χ2v) is 7.61. The smallest absolute Gasteiger partial charge is 0.230 e. The molecule has 0 atom stereocenters. The number of ether oxygens (including phenoxy) is 1. The molecule has 0 saturated heterocycles. The fraction of sp³-hybridized carbons (Fsp3) is 0.190. The van der Waals surface area contributed by atoms with E-state index in [2.05, 4.69) is 4.98 Å². The molecule has 0 fully saturated rings. The minimum Gasteiger partial charge on any atom is -0.487 e. The van der Waals surface area contributed by atoms with Crippen LogP contribution in [0.5, 0.6) is 5.75 Å². The number of carbonyl (C=O) groups excluding carboxylic acids is 2. The Kier molecular flexibility index (Phi) is 6.11. The lowest BCUT2D eigenvalue weighted by atomic mass is 10.1. The minimum absolute atomic E-state index is 0.167. The van der Waals surface area contributed by atoms with Gasteiger partial charge in [-0.25, -0.2) is 4.98 Å². The number of anilines is 2. The molecule has 7 heteroatoms. The summed E-state index contributed by atoms with van der Waals surface area (Å²) >= 11 is 7.78. The monoisotopic (exact) mass is 414 g/mol. The largest absolute Gasteiger partial charge is 0.487 e. The van der Waals surface area contributed by atoms with Crippen LogP contribution in [-0.2, 0) is 11.4 Å². The van der Waals surface area contributed by atoms with Crippen LogP contribution >= 0.6 is 22.9 Å². The summed E-state index contributed by atoms with van der Waals surface area (Å²) in [7, 11) is 0. The van der Waals surface area contributed by atoms with Gasteiger partial charge in [-0.3, -0.25) is 14.5 Å². The molecule has 0 unspecified atom stereocenters. The van der Waals surface area contributed by atoms with E-state index in [1.165, 1.54) is 23.2 Å². The molecule has 0 saturated carbocycles. The predicted octanol–water partition coefficient (Wildman–Crippen LogP) is 5.49. The van der Waals surface area contributed by atoms with Gasteiger partial charge >= 0.3 is 0 Å². The number of carbonyl (C=O) groups is 2. The second kappa shape index (κ2) is 8.54. The highest BCUT2D eigenvalue weighted by Crippen LogP contribution is 2.37. The molecule has 0 aliphatic rings. The highest BCUT2D eigenvalue weighted by molar-refractivity contribution is 7.14. The summed E-state index contributed by atoms with van der Waals surface area (Å²) in [5.74, 6) is 0.473. The predicted molar refractivity (Wildman–Crippen MR) is 112 cm³/mol. The van der Waals surface area contributed by atoms with E-state index < -0.39 is 0 Å². The molecular formula is C21H19ClN2O3S. The van der Waals surface area contributed by atoms with Crippen LogP contribution in [0.3, 0.4) is 0 Å². The second-order valence-electron chi connectivity index (χ2n) is 6.36. The van der Waals surface area contributed by atoms with Crippen molar-refractivity contribution in [3.05, 3.63) is 69.2 Å².